The van der Waals surface area contributed by atoms with Gasteiger partial charge in [0.05, 0.1) is 11.7 Å². The van der Waals surface area contributed by atoms with Crippen LogP contribution in [0.5, 0.6) is 0 Å². The summed E-state index contributed by atoms with van der Waals surface area (Å²) in [5.41, 5.74) is 6.71. The molecule has 1 aromatic rings. The SMILES string of the molecule is C=CC[C@@H](N)c1ccc(Br)cn1.Cl. The fraction of sp³-hybridized carbons (Fsp3) is 0.222. The summed E-state index contributed by atoms with van der Waals surface area (Å²) in [6.07, 6.45) is 4.31. The van der Waals surface area contributed by atoms with Gasteiger partial charge in [0.2, 0.25) is 0 Å². The van der Waals surface area contributed by atoms with Crippen molar-refractivity contribution in [2.45, 2.75) is 12.5 Å². The number of rotatable bonds is 3. The van der Waals surface area contributed by atoms with Gasteiger partial charge in [-0.25, -0.2) is 0 Å². The third kappa shape index (κ3) is 3.89. The van der Waals surface area contributed by atoms with Crippen LogP contribution < -0.4 is 5.73 Å². The Labute approximate surface area is 92.8 Å². The maximum Gasteiger partial charge on any atom is 0.0575 e. The number of nitrogens with zero attached hydrogens (tertiary/aromatic N) is 1. The molecule has 0 saturated carbocycles. The minimum atomic E-state index is -0.0319. The molecule has 1 rings (SSSR count). The quantitative estimate of drug-likeness (QED) is 0.852. The molecule has 4 heteroatoms. The first-order valence-electron chi connectivity index (χ1n) is 3.72. The maximum absolute atomic E-state index is 5.81. The Bertz CT molecular complexity index is 261. The summed E-state index contributed by atoms with van der Waals surface area (Å²) in [5, 5.41) is 0. The van der Waals surface area contributed by atoms with Gasteiger partial charge in [-0.05, 0) is 34.5 Å². The predicted molar refractivity (Wildman–Crippen MR) is 60.9 cm³/mol. The van der Waals surface area contributed by atoms with E-state index >= 15 is 0 Å². The standard InChI is InChI=1S/C9H11BrN2.ClH/c1-2-3-8(11)9-5-4-7(10)6-12-9;/h2,4-6,8H,1,3,11H2;1H/t8-;/m1./s1. The molecule has 0 aliphatic heterocycles. The summed E-state index contributed by atoms with van der Waals surface area (Å²) in [6, 6.07) is 3.82. The van der Waals surface area contributed by atoms with Crippen LogP contribution in [0.3, 0.4) is 0 Å². The first-order valence-corrected chi connectivity index (χ1v) is 4.51. The number of hydrogen-bond donors (Lipinski definition) is 1. The van der Waals surface area contributed by atoms with E-state index in [0.29, 0.717) is 0 Å². The fourth-order valence-corrected chi connectivity index (χ4v) is 1.14. The smallest absolute Gasteiger partial charge is 0.0575 e. The van der Waals surface area contributed by atoms with Crippen molar-refractivity contribution in [2.75, 3.05) is 0 Å². The first-order chi connectivity index (χ1) is 5.74. The molecule has 0 spiro atoms. The van der Waals surface area contributed by atoms with E-state index in [2.05, 4.69) is 27.5 Å². The Morgan fingerprint density at radius 2 is 2.31 bits per heavy atom. The van der Waals surface area contributed by atoms with Crippen LogP contribution in [-0.4, -0.2) is 4.98 Å². The van der Waals surface area contributed by atoms with Crippen LogP contribution in [0.25, 0.3) is 0 Å². The third-order valence-corrected chi connectivity index (χ3v) is 2.02. The Morgan fingerprint density at radius 1 is 1.62 bits per heavy atom. The molecular weight excluding hydrogens is 251 g/mol. The van der Waals surface area contributed by atoms with Gasteiger partial charge in [0.25, 0.3) is 0 Å². The van der Waals surface area contributed by atoms with Crippen LogP contribution in [-0.2, 0) is 0 Å². The lowest BCUT2D eigenvalue weighted by Gasteiger charge is -2.07. The molecule has 2 nitrogen and oxygen atoms in total. The van der Waals surface area contributed by atoms with Gasteiger partial charge in [-0.2, -0.15) is 0 Å². The average molecular weight is 264 g/mol. The summed E-state index contributed by atoms with van der Waals surface area (Å²) >= 11 is 3.31. The number of aromatic nitrogens is 1. The van der Waals surface area contributed by atoms with Crippen LogP contribution in [0.2, 0.25) is 0 Å². The minimum absolute atomic E-state index is 0. The van der Waals surface area contributed by atoms with Gasteiger partial charge in [-0.15, -0.1) is 19.0 Å². The fourth-order valence-electron chi connectivity index (χ4n) is 0.907. The molecule has 0 radical (unpaired) electrons. The van der Waals surface area contributed by atoms with Crippen molar-refractivity contribution in [3.8, 4) is 0 Å². The molecule has 0 aliphatic carbocycles. The molecule has 72 valence electrons. The summed E-state index contributed by atoms with van der Waals surface area (Å²) in [5.74, 6) is 0. The van der Waals surface area contributed by atoms with Crippen molar-refractivity contribution >= 4 is 28.3 Å². The van der Waals surface area contributed by atoms with Crippen molar-refractivity contribution in [2.24, 2.45) is 5.73 Å². The van der Waals surface area contributed by atoms with Crippen molar-refractivity contribution in [1.82, 2.24) is 4.98 Å². The third-order valence-electron chi connectivity index (χ3n) is 1.55. The van der Waals surface area contributed by atoms with Crippen LogP contribution in [0.1, 0.15) is 18.2 Å². The maximum atomic E-state index is 5.81. The summed E-state index contributed by atoms with van der Waals surface area (Å²) in [7, 11) is 0. The van der Waals surface area contributed by atoms with Gasteiger partial charge in [0.1, 0.15) is 0 Å². The molecule has 0 saturated heterocycles. The van der Waals surface area contributed by atoms with Gasteiger partial charge in [-0.1, -0.05) is 6.08 Å². The Morgan fingerprint density at radius 3 is 2.77 bits per heavy atom. The summed E-state index contributed by atoms with van der Waals surface area (Å²) in [4.78, 5) is 4.18. The normalized spacial score (nSPS) is 11.5. The lowest BCUT2D eigenvalue weighted by Crippen LogP contribution is -2.10. The van der Waals surface area contributed by atoms with E-state index in [9.17, 15) is 0 Å². The van der Waals surface area contributed by atoms with E-state index < -0.39 is 0 Å². The molecule has 0 bridgehead atoms. The topological polar surface area (TPSA) is 38.9 Å². The van der Waals surface area contributed by atoms with Crippen LogP contribution in [0.4, 0.5) is 0 Å². The zero-order valence-corrected chi connectivity index (χ0v) is 9.51. The largest absolute Gasteiger partial charge is 0.322 e. The highest BCUT2D eigenvalue weighted by Crippen LogP contribution is 2.14. The average Bonchev–Trinajstić information content (AvgIpc) is 2.06. The molecule has 0 fully saturated rings. The second-order valence-electron chi connectivity index (χ2n) is 2.53. The number of nitrogens with two attached hydrogens (primary N) is 1. The molecule has 0 unspecified atom stereocenters. The van der Waals surface area contributed by atoms with E-state index in [1.165, 1.54) is 0 Å². The molecular formula is C9H12BrClN2. The van der Waals surface area contributed by atoms with Gasteiger partial charge >= 0.3 is 0 Å². The number of hydrogen-bond acceptors (Lipinski definition) is 2. The lowest BCUT2D eigenvalue weighted by molar-refractivity contribution is 0.713. The molecule has 0 aliphatic rings. The summed E-state index contributed by atoms with van der Waals surface area (Å²) < 4.78 is 0.969. The van der Waals surface area contributed by atoms with Gasteiger partial charge < -0.3 is 5.73 Å². The zero-order chi connectivity index (χ0) is 8.97. The predicted octanol–water partition coefficient (Wildman–Crippen LogP) is 2.84. The molecule has 0 amide bonds. The molecule has 0 aromatic carbocycles. The van der Waals surface area contributed by atoms with Crippen LogP contribution >= 0.6 is 28.3 Å². The van der Waals surface area contributed by atoms with Crippen molar-refractivity contribution in [3.05, 3.63) is 41.2 Å². The second-order valence-corrected chi connectivity index (χ2v) is 3.45. The van der Waals surface area contributed by atoms with E-state index in [1.807, 2.05) is 12.1 Å². The minimum Gasteiger partial charge on any atom is -0.322 e. The van der Waals surface area contributed by atoms with Gasteiger partial charge in [-0.3, -0.25) is 4.98 Å². The zero-order valence-electron chi connectivity index (χ0n) is 7.11. The van der Waals surface area contributed by atoms with Crippen molar-refractivity contribution < 1.29 is 0 Å². The highest BCUT2D eigenvalue weighted by Gasteiger charge is 2.03. The molecule has 1 aromatic heterocycles. The summed E-state index contributed by atoms with van der Waals surface area (Å²) in [6.45, 7) is 3.63. The van der Waals surface area contributed by atoms with Crippen LogP contribution in [0, 0.1) is 0 Å². The van der Waals surface area contributed by atoms with E-state index in [4.69, 9.17) is 5.73 Å². The van der Waals surface area contributed by atoms with Gasteiger partial charge in [0.15, 0.2) is 0 Å². The lowest BCUT2D eigenvalue weighted by atomic mass is 10.1. The highest BCUT2D eigenvalue weighted by atomic mass is 79.9. The number of halogens is 2. The Kier molecular flexibility index (Phi) is 5.95. The molecule has 1 heterocycles. The monoisotopic (exact) mass is 262 g/mol. The van der Waals surface area contributed by atoms with E-state index in [1.54, 1.807) is 12.3 Å². The van der Waals surface area contributed by atoms with E-state index in [0.717, 1.165) is 16.6 Å². The first kappa shape index (κ1) is 12.6. The second kappa shape index (κ2) is 6.13. The van der Waals surface area contributed by atoms with Crippen molar-refractivity contribution in [1.29, 1.82) is 0 Å². The van der Waals surface area contributed by atoms with Crippen molar-refractivity contribution in [3.63, 3.8) is 0 Å². The van der Waals surface area contributed by atoms with E-state index in [-0.39, 0.29) is 18.4 Å². The number of pyridine rings is 1. The van der Waals surface area contributed by atoms with Crippen LogP contribution in [0.15, 0.2) is 35.5 Å². The Balaban J connectivity index is 0.00000144. The highest BCUT2D eigenvalue weighted by molar-refractivity contribution is 9.10. The Hall–Kier alpha value is -0.380. The molecule has 13 heavy (non-hydrogen) atoms. The molecule has 1 atom stereocenters. The molecule has 2 N–H and O–H groups in total. The van der Waals surface area contributed by atoms with Gasteiger partial charge in [0, 0.05) is 10.7 Å².